The summed E-state index contributed by atoms with van der Waals surface area (Å²) in [5.74, 6) is -3.13. The van der Waals surface area contributed by atoms with Crippen LogP contribution in [0.2, 0.25) is 0 Å². The van der Waals surface area contributed by atoms with Gasteiger partial charge in [0.2, 0.25) is 5.91 Å². The molecule has 0 aromatic heterocycles. The van der Waals surface area contributed by atoms with E-state index in [9.17, 15) is 27.2 Å². The number of anilines is 1. The number of hydrogen-bond acceptors (Lipinski definition) is 3. The summed E-state index contributed by atoms with van der Waals surface area (Å²) < 4.78 is 48.8. The molecule has 110 valence electrons. The topological polar surface area (TPSA) is 78.4 Å². The highest BCUT2D eigenvalue weighted by atomic mass is 19.4. The van der Waals surface area contributed by atoms with E-state index in [-0.39, 0.29) is 5.56 Å². The van der Waals surface area contributed by atoms with Crippen molar-refractivity contribution in [1.29, 1.82) is 0 Å². The molecule has 0 fully saturated rings. The minimum absolute atomic E-state index is 0.259. The van der Waals surface area contributed by atoms with E-state index >= 15 is 0 Å². The van der Waals surface area contributed by atoms with E-state index in [1.165, 1.54) is 0 Å². The van der Waals surface area contributed by atoms with Crippen molar-refractivity contribution in [3.8, 4) is 0 Å². The van der Waals surface area contributed by atoms with Gasteiger partial charge in [0.15, 0.2) is 0 Å². The van der Waals surface area contributed by atoms with E-state index in [0.717, 1.165) is 18.2 Å². The van der Waals surface area contributed by atoms with Gasteiger partial charge in [-0.3, -0.25) is 4.79 Å². The molecule has 0 unspecified atom stereocenters. The summed E-state index contributed by atoms with van der Waals surface area (Å²) in [6, 6.07) is 2.71. The molecule has 3 N–H and O–H groups in total. The Labute approximate surface area is 110 Å². The Morgan fingerprint density at radius 3 is 2.45 bits per heavy atom. The van der Waals surface area contributed by atoms with Gasteiger partial charge in [0, 0.05) is 0 Å². The first-order valence-electron chi connectivity index (χ1n) is 5.29. The number of nitrogens with one attached hydrogen (secondary N) is 2. The first-order valence-corrected chi connectivity index (χ1v) is 5.29. The summed E-state index contributed by atoms with van der Waals surface area (Å²) in [7, 11) is 0. The minimum Gasteiger partial charge on any atom is -0.478 e. The van der Waals surface area contributed by atoms with Crippen LogP contribution in [0.1, 0.15) is 10.4 Å². The number of rotatable bonds is 5. The van der Waals surface area contributed by atoms with Crippen molar-refractivity contribution in [3.05, 3.63) is 29.6 Å². The molecule has 0 heterocycles. The maximum atomic E-state index is 13.3. The fraction of sp³-hybridized carbons (Fsp3) is 0.273. The van der Waals surface area contributed by atoms with Gasteiger partial charge in [-0.05, 0) is 18.2 Å². The van der Waals surface area contributed by atoms with Crippen molar-refractivity contribution in [2.45, 2.75) is 6.18 Å². The molecule has 1 rings (SSSR count). The second kappa shape index (κ2) is 6.33. The highest BCUT2D eigenvalue weighted by Crippen LogP contribution is 2.16. The average molecular weight is 294 g/mol. The number of carboxylic acid groups (broad SMARTS) is 1. The molecule has 0 radical (unpaired) electrons. The molecule has 5 nitrogen and oxygen atoms in total. The second-order valence-corrected chi connectivity index (χ2v) is 3.77. The fourth-order valence-corrected chi connectivity index (χ4v) is 1.27. The lowest BCUT2D eigenvalue weighted by Crippen LogP contribution is -2.35. The van der Waals surface area contributed by atoms with Crippen LogP contribution in [0.5, 0.6) is 0 Å². The van der Waals surface area contributed by atoms with Gasteiger partial charge in [0.1, 0.15) is 5.82 Å². The lowest BCUT2D eigenvalue weighted by atomic mass is 10.2. The number of hydrogen-bond donors (Lipinski definition) is 3. The Morgan fingerprint density at radius 2 is 1.90 bits per heavy atom. The highest BCUT2D eigenvalue weighted by Gasteiger charge is 2.26. The summed E-state index contributed by atoms with van der Waals surface area (Å²) in [6.45, 7) is -2.05. The summed E-state index contributed by atoms with van der Waals surface area (Å²) in [5, 5.41) is 12.5. The molecule has 0 saturated heterocycles. The summed E-state index contributed by atoms with van der Waals surface area (Å²) in [4.78, 5) is 21.9. The monoisotopic (exact) mass is 294 g/mol. The molecule has 0 atom stereocenters. The Morgan fingerprint density at radius 1 is 1.25 bits per heavy atom. The molecule has 9 heteroatoms. The molecule has 0 bridgehead atoms. The van der Waals surface area contributed by atoms with Crippen LogP contribution in [0.15, 0.2) is 18.2 Å². The number of carboxylic acids is 1. The zero-order chi connectivity index (χ0) is 15.3. The van der Waals surface area contributed by atoms with E-state index in [0.29, 0.717) is 0 Å². The molecular weight excluding hydrogens is 284 g/mol. The summed E-state index contributed by atoms with van der Waals surface area (Å²) >= 11 is 0. The summed E-state index contributed by atoms with van der Waals surface area (Å²) in [5.41, 5.74) is -0.673. The number of amides is 1. The van der Waals surface area contributed by atoms with Gasteiger partial charge >= 0.3 is 12.1 Å². The third-order valence-electron chi connectivity index (χ3n) is 2.10. The van der Waals surface area contributed by atoms with Crippen LogP contribution < -0.4 is 10.6 Å². The maximum absolute atomic E-state index is 13.3. The van der Waals surface area contributed by atoms with Crippen LogP contribution in [0.4, 0.5) is 23.2 Å². The van der Waals surface area contributed by atoms with E-state index in [2.05, 4.69) is 0 Å². The van der Waals surface area contributed by atoms with Crippen LogP contribution in [-0.4, -0.2) is 36.2 Å². The number of aromatic carboxylic acids is 1. The van der Waals surface area contributed by atoms with Crippen molar-refractivity contribution in [2.75, 3.05) is 18.4 Å². The van der Waals surface area contributed by atoms with Gasteiger partial charge in [-0.1, -0.05) is 0 Å². The second-order valence-electron chi connectivity index (χ2n) is 3.77. The lowest BCUT2D eigenvalue weighted by molar-refractivity contribution is -0.127. The number of carbonyl (C=O) groups excluding carboxylic acids is 1. The van der Waals surface area contributed by atoms with E-state index in [4.69, 9.17) is 5.11 Å². The third kappa shape index (κ3) is 5.22. The van der Waals surface area contributed by atoms with E-state index in [1.54, 1.807) is 0 Å². The molecule has 1 aromatic carbocycles. The Balaban J connectivity index is 2.62. The SMILES string of the molecule is O=C(CNCC(F)(F)F)Nc1cc(C(=O)O)ccc1F. The number of benzene rings is 1. The summed E-state index contributed by atoms with van der Waals surface area (Å²) in [6.07, 6.45) is -4.46. The van der Waals surface area contributed by atoms with Gasteiger partial charge in [0.25, 0.3) is 0 Å². The first kappa shape index (κ1) is 15.9. The first-order chi connectivity index (χ1) is 9.19. The molecule has 20 heavy (non-hydrogen) atoms. The van der Waals surface area contributed by atoms with Crippen LogP contribution in [0, 0.1) is 5.82 Å². The highest BCUT2D eigenvalue weighted by molar-refractivity contribution is 5.94. The standard InChI is InChI=1S/C11H10F4N2O3/c12-7-2-1-6(10(19)20)3-8(7)17-9(18)4-16-5-11(13,14)15/h1-3,16H,4-5H2,(H,17,18)(H,19,20). The molecule has 0 saturated carbocycles. The largest absolute Gasteiger partial charge is 0.478 e. The molecule has 1 amide bonds. The van der Waals surface area contributed by atoms with Gasteiger partial charge in [-0.25, -0.2) is 9.18 Å². The quantitative estimate of drug-likeness (QED) is 0.721. The predicted molar refractivity (Wildman–Crippen MR) is 60.9 cm³/mol. The van der Waals surface area contributed by atoms with Gasteiger partial charge in [0.05, 0.1) is 24.3 Å². The van der Waals surface area contributed by atoms with Crippen molar-refractivity contribution < 1.29 is 32.3 Å². The van der Waals surface area contributed by atoms with Gasteiger partial charge in [-0.15, -0.1) is 0 Å². The van der Waals surface area contributed by atoms with Crippen LogP contribution in [0.25, 0.3) is 0 Å². The minimum atomic E-state index is -4.46. The van der Waals surface area contributed by atoms with Gasteiger partial charge in [-0.2, -0.15) is 13.2 Å². The molecule has 0 aliphatic rings. The Bertz CT molecular complexity index is 517. The Hall–Kier alpha value is -2.16. The van der Waals surface area contributed by atoms with E-state index < -0.39 is 42.6 Å². The van der Waals surface area contributed by atoms with Crippen molar-refractivity contribution in [1.82, 2.24) is 5.32 Å². The molecule has 0 aliphatic carbocycles. The lowest BCUT2D eigenvalue weighted by Gasteiger charge is -2.09. The molecule has 0 aliphatic heterocycles. The number of alkyl halides is 3. The zero-order valence-electron chi connectivity index (χ0n) is 9.92. The zero-order valence-corrected chi connectivity index (χ0v) is 9.92. The molecular formula is C11H10F4N2O3. The maximum Gasteiger partial charge on any atom is 0.401 e. The van der Waals surface area contributed by atoms with Crippen LogP contribution in [0.3, 0.4) is 0 Å². The Kier molecular flexibility index (Phi) is 5.03. The van der Waals surface area contributed by atoms with Crippen molar-refractivity contribution in [2.24, 2.45) is 0 Å². The molecule has 0 spiro atoms. The molecule has 1 aromatic rings. The van der Waals surface area contributed by atoms with E-state index in [1.807, 2.05) is 10.6 Å². The van der Waals surface area contributed by atoms with Crippen LogP contribution >= 0.6 is 0 Å². The van der Waals surface area contributed by atoms with Gasteiger partial charge < -0.3 is 15.7 Å². The predicted octanol–water partition coefficient (Wildman–Crippen LogP) is 1.61. The van der Waals surface area contributed by atoms with Crippen molar-refractivity contribution >= 4 is 17.6 Å². The number of carbonyl (C=O) groups is 2. The van der Waals surface area contributed by atoms with Crippen molar-refractivity contribution in [3.63, 3.8) is 0 Å². The normalized spacial score (nSPS) is 11.2. The number of halogens is 4. The average Bonchev–Trinajstić information content (AvgIpc) is 2.30. The van der Waals surface area contributed by atoms with Crippen LogP contribution in [-0.2, 0) is 4.79 Å². The smallest absolute Gasteiger partial charge is 0.401 e. The third-order valence-corrected chi connectivity index (χ3v) is 2.10. The fourth-order valence-electron chi connectivity index (χ4n) is 1.27.